The first kappa shape index (κ1) is 16.1. The van der Waals surface area contributed by atoms with E-state index in [1.54, 1.807) is 7.05 Å². The average Bonchev–Trinajstić information content (AvgIpc) is 2.52. The van der Waals surface area contributed by atoms with Crippen molar-refractivity contribution in [2.24, 2.45) is 0 Å². The van der Waals surface area contributed by atoms with Crippen molar-refractivity contribution in [1.82, 2.24) is 4.90 Å². The van der Waals surface area contributed by atoms with Gasteiger partial charge >= 0.3 is 6.03 Å². The average molecular weight is 323 g/mol. The minimum Gasteiger partial charge on any atom is -0.492 e. The fourth-order valence-electron chi connectivity index (χ4n) is 1.71. The fourth-order valence-corrected chi connectivity index (χ4v) is 1.83. The first-order valence-corrected chi connectivity index (χ1v) is 7.09. The van der Waals surface area contributed by atoms with Crippen LogP contribution in [0.5, 0.6) is 5.75 Å². The van der Waals surface area contributed by atoms with Crippen molar-refractivity contribution in [2.75, 3.05) is 25.5 Å². The minimum absolute atomic E-state index is 0.0163. The van der Waals surface area contributed by atoms with Crippen LogP contribution in [-0.4, -0.2) is 31.1 Å². The molecule has 0 saturated heterocycles. The van der Waals surface area contributed by atoms with Gasteiger partial charge in [0.15, 0.2) is 0 Å². The molecule has 6 heteroatoms. The number of hydrogen-bond donors (Lipinski definition) is 1. The number of para-hydroxylation sites is 1. The summed E-state index contributed by atoms with van der Waals surface area (Å²) in [6.45, 7) is 0.764. The Hall–Kier alpha value is -2.27. The highest BCUT2D eigenvalue weighted by Crippen LogP contribution is 2.18. The third-order valence-electron chi connectivity index (χ3n) is 2.96. The Morgan fingerprint density at radius 1 is 1.27 bits per heavy atom. The topological polar surface area (TPSA) is 41.6 Å². The van der Waals surface area contributed by atoms with Gasteiger partial charge in [0.05, 0.1) is 11.6 Å². The highest BCUT2D eigenvalue weighted by Gasteiger charge is 2.10. The van der Waals surface area contributed by atoms with Crippen molar-refractivity contribution in [3.05, 3.63) is 59.4 Å². The summed E-state index contributed by atoms with van der Waals surface area (Å²) >= 11 is 5.59. The number of nitrogens with one attached hydrogen (secondary N) is 1. The number of anilines is 1. The minimum atomic E-state index is -0.575. The number of rotatable bonds is 5. The first-order valence-electron chi connectivity index (χ1n) is 6.71. The molecule has 0 unspecified atom stereocenters. The second-order valence-corrected chi connectivity index (χ2v) is 5.05. The van der Waals surface area contributed by atoms with Crippen LogP contribution in [0.2, 0.25) is 5.02 Å². The quantitative estimate of drug-likeness (QED) is 0.903. The normalized spacial score (nSPS) is 10.1. The lowest BCUT2D eigenvalue weighted by atomic mass is 10.3. The summed E-state index contributed by atoms with van der Waals surface area (Å²) in [5, 5.41) is 2.61. The van der Waals surface area contributed by atoms with Crippen LogP contribution in [0.15, 0.2) is 48.5 Å². The van der Waals surface area contributed by atoms with E-state index in [2.05, 4.69) is 5.32 Å². The van der Waals surface area contributed by atoms with Gasteiger partial charge in [0.25, 0.3) is 0 Å². The van der Waals surface area contributed by atoms with Crippen molar-refractivity contribution in [1.29, 1.82) is 0 Å². The molecule has 22 heavy (non-hydrogen) atoms. The highest BCUT2D eigenvalue weighted by molar-refractivity contribution is 6.30. The van der Waals surface area contributed by atoms with Gasteiger partial charge in [-0.25, -0.2) is 9.18 Å². The number of ether oxygens (including phenoxy) is 1. The highest BCUT2D eigenvalue weighted by atomic mass is 35.5. The largest absolute Gasteiger partial charge is 0.492 e. The van der Waals surface area contributed by atoms with E-state index in [4.69, 9.17) is 16.3 Å². The lowest BCUT2D eigenvalue weighted by molar-refractivity contribution is 0.207. The second-order valence-electron chi connectivity index (χ2n) is 4.64. The van der Waals surface area contributed by atoms with Gasteiger partial charge in [0.2, 0.25) is 0 Å². The van der Waals surface area contributed by atoms with E-state index in [9.17, 15) is 9.18 Å². The number of hydrogen-bond acceptors (Lipinski definition) is 2. The summed E-state index contributed by atoms with van der Waals surface area (Å²) in [5.41, 5.74) is 0.350. The predicted molar refractivity (Wildman–Crippen MR) is 85.0 cm³/mol. The second kappa shape index (κ2) is 7.66. The summed E-state index contributed by atoms with van der Waals surface area (Å²) in [7, 11) is 1.63. The smallest absolute Gasteiger partial charge is 0.321 e. The van der Waals surface area contributed by atoms with E-state index in [0.29, 0.717) is 18.8 Å². The molecule has 0 aliphatic carbocycles. The molecule has 2 aromatic rings. The van der Waals surface area contributed by atoms with Crippen LogP contribution in [0.4, 0.5) is 14.9 Å². The maximum Gasteiger partial charge on any atom is 0.321 e. The summed E-state index contributed by atoms with van der Waals surface area (Å²) in [6.07, 6.45) is 0. The maximum absolute atomic E-state index is 13.3. The molecular weight excluding hydrogens is 307 g/mol. The number of nitrogens with zero attached hydrogens (tertiary/aromatic N) is 1. The van der Waals surface area contributed by atoms with Crippen LogP contribution in [0.3, 0.4) is 0 Å². The Morgan fingerprint density at radius 3 is 2.68 bits per heavy atom. The number of carbonyl (C=O) groups is 1. The van der Waals surface area contributed by atoms with E-state index in [1.165, 1.54) is 23.1 Å². The van der Waals surface area contributed by atoms with E-state index in [1.807, 2.05) is 30.3 Å². The van der Waals surface area contributed by atoms with Crippen LogP contribution < -0.4 is 10.1 Å². The van der Waals surface area contributed by atoms with E-state index < -0.39 is 5.82 Å². The van der Waals surface area contributed by atoms with Crippen LogP contribution in [-0.2, 0) is 0 Å². The summed E-state index contributed by atoms with van der Waals surface area (Å²) in [5.74, 6) is 0.172. The molecule has 0 spiro atoms. The molecule has 0 aliphatic rings. The molecule has 0 fully saturated rings. The van der Waals surface area contributed by atoms with Crippen molar-refractivity contribution in [2.45, 2.75) is 0 Å². The van der Waals surface area contributed by atoms with Crippen molar-refractivity contribution >= 4 is 23.3 Å². The van der Waals surface area contributed by atoms with Crippen LogP contribution >= 0.6 is 11.6 Å². The monoisotopic (exact) mass is 322 g/mol. The number of likely N-dealkylation sites (N-methyl/N-ethyl adjacent to an activating group) is 1. The molecule has 0 bridgehead atoms. The molecule has 4 nitrogen and oxygen atoms in total. The molecule has 0 saturated carbocycles. The van der Waals surface area contributed by atoms with Gasteiger partial charge in [-0.3, -0.25) is 0 Å². The number of carbonyl (C=O) groups excluding carboxylic acids is 1. The Balaban J connectivity index is 1.80. The molecule has 2 amide bonds. The summed E-state index contributed by atoms with van der Waals surface area (Å²) < 4.78 is 18.8. The van der Waals surface area contributed by atoms with Gasteiger partial charge in [-0.1, -0.05) is 29.8 Å². The molecule has 0 aromatic heterocycles. The third kappa shape index (κ3) is 4.63. The van der Waals surface area contributed by atoms with E-state index in [0.717, 1.165) is 5.75 Å². The molecule has 0 atom stereocenters. The van der Waals surface area contributed by atoms with Gasteiger partial charge in [0.1, 0.15) is 18.2 Å². The van der Waals surface area contributed by atoms with Gasteiger partial charge < -0.3 is 15.0 Å². The maximum atomic E-state index is 13.3. The Labute approximate surface area is 133 Å². The zero-order valence-corrected chi connectivity index (χ0v) is 12.8. The van der Waals surface area contributed by atoms with Crippen molar-refractivity contribution in [3.63, 3.8) is 0 Å². The van der Waals surface area contributed by atoms with Crippen molar-refractivity contribution in [3.8, 4) is 5.75 Å². The number of amides is 2. The van der Waals surface area contributed by atoms with Gasteiger partial charge in [-0.2, -0.15) is 0 Å². The van der Waals surface area contributed by atoms with Crippen LogP contribution in [0, 0.1) is 5.82 Å². The molecular formula is C16H16ClFN2O2. The summed E-state index contributed by atoms with van der Waals surface area (Å²) in [4.78, 5) is 13.4. The van der Waals surface area contributed by atoms with Crippen LogP contribution in [0.25, 0.3) is 0 Å². The van der Waals surface area contributed by atoms with Gasteiger partial charge in [-0.15, -0.1) is 0 Å². The molecule has 116 valence electrons. The number of urea groups is 1. The molecule has 0 radical (unpaired) electrons. The Bertz CT molecular complexity index is 637. The lowest BCUT2D eigenvalue weighted by Gasteiger charge is -2.18. The third-order valence-corrected chi connectivity index (χ3v) is 3.26. The first-order chi connectivity index (χ1) is 10.6. The van der Waals surface area contributed by atoms with E-state index in [-0.39, 0.29) is 11.1 Å². The molecule has 1 N–H and O–H groups in total. The van der Waals surface area contributed by atoms with Crippen LogP contribution in [0.1, 0.15) is 0 Å². The molecule has 0 heterocycles. The molecule has 2 aromatic carbocycles. The van der Waals surface area contributed by atoms with E-state index >= 15 is 0 Å². The van der Waals surface area contributed by atoms with Crippen molar-refractivity contribution < 1.29 is 13.9 Å². The standard InChI is InChI=1S/C16H16ClFN2O2/c1-20(9-10-22-13-5-3-2-4-6-13)16(21)19-12-7-8-14(17)15(18)11-12/h2-8,11H,9-10H2,1H3,(H,19,21). The Morgan fingerprint density at radius 2 is 2.00 bits per heavy atom. The zero-order valence-electron chi connectivity index (χ0n) is 12.1. The lowest BCUT2D eigenvalue weighted by Crippen LogP contribution is -2.34. The Kier molecular flexibility index (Phi) is 5.61. The fraction of sp³-hybridized carbons (Fsp3) is 0.188. The predicted octanol–water partition coefficient (Wildman–Crippen LogP) is 4.02. The zero-order chi connectivity index (χ0) is 15.9. The SMILES string of the molecule is CN(CCOc1ccccc1)C(=O)Nc1ccc(Cl)c(F)c1. The molecule has 0 aliphatic heterocycles. The molecule has 2 rings (SSSR count). The van der Waals surface area contributed by atoms with Gasteiger partial charge in [-0.05, 0) is 30.3 Å². The number of halogens is 2. The summed E-state index contributed by atoms with van der Waals surface area (Å²) in [6, 6.07) is 13.1. The van der Waals surface area contributed by atoms with Gasteiger partial charge in [0, 0.05) is 12.7 Å². The number of benzene rings is 2.